The van der Waals surface area contributed by atoms with E-state index < -0.39 is 0 Å². The first-order chi connectivity index (χ1) is 11.3. The average Bonchev–Trinajstić information content (AvgIpc) is 3.09. The van der Waals surface area contributed by atoms with Gasteiger partial charge in [0.2, 0.25) is 5.91 Å². The second-order valence-electron chi connectivity index (χ2n) is 7.07. The molecule has 1 fully saturated rings. The molecule has 134 valence electrons. The summed E-state index contributed by atoms with van der Waals surface area (Å²) >= 11 is 0. The summed E-state index contributed by atoms with van der Waals surface area (Å²) in [6.07, 6.45) is 23.6. The molecule has 1 rings (SSSR count). The number of hydrogen-bond acceptors (Lipinski definition) is 1. The van der Waals surface area contributed by atoms with Gasteiger partial charge in [0.25, 0.3) is 0 Å². The summed E-state index contributed by atoms with van der Waals surface area (Å²) in [7, 11) is 0. The molecule has 0 aromatic carbocycles. The topological polar surface area (TPSA) is 20.3 Å². The van der Waals surface area contributed by atoms with Crippen LogP contribution < -0.4 is 0 Å². The summed E-state index contributed by atoms with van der Waals surface area (Å²) < 4.78 is 0. The predicted molar refractivity (Wildman–Crippen MR) is 101 cm³/mol. The van der Waals surface area contributed by atoms with Crippen molar-refractivity contribution in [3.05, 3.63) is 12.2 Å². The van der Waals surface area contributed by atoms with Gasteiger partial charge in [-0.25, -0.2) is 0 Å². The lowest BCUT2D eigenvalue weighted by molar-refractivity contribution is -0.130. The van der Waals surface area contributed by atoms with Crippen molar-refractivity contribution < 1.29 is 4.79 Å². The van der Waals surface area contributed by atoms with Crippen molar-refractivity contribution in [2.45, 2.75) is 103 Å². The molecule has 2 nitrogen and oxygen atoms in total. The molecule has 0 atom stereocenters. The summed E-state index contributed by atoms with van der Waals surface area (Å²) in [6.45, 7) is 4.28. The molecule has 0 spiro atoms. The first-order valence-corrected chi connectivity index (χ1v) is 10.3. The third-order valence-corrected chi connectivity index (χ3v) is 4.86. The molecule has 1 heterocycles. The van der Waals surface area contributed by atoms with Crippen LogP contribution in [0, 0.1) is 0 Å². The molecule has 1 aliphatic heterocycles. The standard InChI is InChI=1S/C21H39NO/c1-2-3-4-5-6-7-8-9-10-11-12-13-14-15-18-21(23)22-19-16-17-20-22/h9-10H,2-8,11-20H2,1H3/b10-9-. The highest BCUT2D eigenvalue weighted by Crippen LogP contribution is 2.12. The van der Waals surface area contributed by atoms with Gasteiger partial charge in [0.15, 0.2) is 0 Å². The molecule has 0 unspecified atom stereocenters. The van der Waals surface area contributed by atoms with Gasteiger partial charge in [-0.15, -0.1) is 0 Å². The maximum atomic E-state index is 11.9. The van der Waals surface area contributed by atoms with E-state index in [0.29, 0.717) is 5.91 Å². The van der Waals surface area contributed by atoms with E-state index in [1.54, 1.807) is 0 Å². The maximum Gasteiger partial charge on any atom is 0.222 e. The van der Waals surface area contributed by atoms with E-state index in [4.69, 9.17) is 0 Å². The summed E-state index contributed by atoms with van der Waals surface area (Å²) in [6, 6.07) is 0. The molecular formula is C21H39NO. The minimum atomic E-state index is 0.390. The van der Waals surface area contributed by atoms with Crippen LogP contribution in [0.25, 0.3) is 0 Å². The van der Waals surface area contributed by atoms with Crippen LogP contribution in [-0.2, 0) is 4.79 Å². The van der Waals surface area contributed by atoms with Crippen LogP contribution in [0.4, 0.5) is 0 Å². The smallest absolute Gasteiger partial charge is 0.222 e. The zero-order valence-electron chi connectivity index (χ0n) is 15.5. The second kappa shape index (κ2) is 14.8. The number of amides is 1. The molecule has 0 aliphatic carbocycles. The van der Waals surface area contributed by atoms with Gasteiger partial charge in [-0.2, -0.15) is 0 Å². The highest BCUT2D eigenvalue weighted by molar-refractivity contribution is 5.76. The van der Waals surface area contributed by atoms with Crippen LogP contribution in [0.15, 0.2) is 12.2 Å². The fraction of sp³-hybridized carbons (Fsp3) is 0.857. The number of carbonyl (C=O) groups excluding carboxylic acids is 1. The van der Waals surface area contributed by atoms with E-state index in [0.717, 1.165) is 25.9 Å². The Labute approximate surface area is 144 Å². The molecule has 1 aliphatic rings. The third kappa shape index (κ3) is 11.4. The molecular weight excluding hydrogens is 282 g/mol. The number of nitrogens with zero attached hydrogens (tertiary/aromatic N) is 1. The van der Waals surface area contributed by atoms with Crippen LogP contribution in [0.1, 0.15) is 103 Å². The number of hydrogen-bond donors (Lipinski definition) is 0. The Hall–Kier alpha value is -0.790. The SMILES string of the molecule is CCCCCCCC/C=C\CCCCCCC(=O)N1CCCC1. The van der Waals surface area contributed by atoms with Gasteiger partial charge < -0.3 is 4.90 Å². The Bertz CT molecular complexity index is 305. The van der Waals surface area contributed by atoms with Gasteiger partial charge in [-0.1, -0.05) is 64.0 Å². The molecule has 0 aromatic heterocycles. The van der Waals surface area contributed by atoms with E-state index in [1.807, 2.05) is 4.90 Å². The highest BCUT2D eigenvalue weighted by Gasteiger charge is 2.16. The maximum absolute atomic E-state index is 11.9. The molecule has 0 saturated carbocycles. The Morgan fingerprint density at radius 1 is 0.783 bits per heavy atom. The van der Waals surface area contributed by atoms with Crippen LogP contribution in [0.3, 0.4) is 0 Å². The summed E-state index contributed by atoms with van der Waals surface area (Å²) in [5, 5.41) is 0. The van der Waals surface area contributed by atoms with E-state index in [1.165, 1.54) is 83.5 Å². The summed E-state index contributed by atoms with van der Waals surface area (Å²) in [5.74, 6) is 0.390. The summed E-state index contributed by atoms with van der Waals surface area (Å²) in [4.78, 5) is 13.9. The molecule has 0 bridgehead atoms. The van der Waals surface area contributed by atoms with E-state index >= 15 is 0 Å². The molecule has 1 amide bonds. The largest absolute Gasteiger partial charge is 0.343 e. The normalized spacial score (nSPS) is 14.9. The molecule has 23 heavy (non-hydrogen) atoms. The Morgan fingerprint density at radius 3 is 1.91 bits per heavy atom. The quantitative estimate of drug-likeness (QED) is 0.273. The van der Waals surface area contributed by atoms with Gasteiger partial charge >= 0.3 is 0 Å². The minimum Gasteiger partial charge on any atom is -0.343 e. The first-order valence-electron chi connectivity index (χ1n) is 10.3. The average molecular weight is 322 g/mol. The van der Waals surface area contributed by atoms with Crippen molar-refractivity contribution in [3.8, 4) is 0 Å². The van der Waals surface area contributed by atoms with Gasteiger partial charge in [-0.3, -0.25) is 4.79 Å². The fourth-order valence-corrected chi connectivity index (χ4v) is 3.29. The Kier molecular flexibility index (Phi) is 13.0. The fourth-order valence-electron chi connectivity index (χ4n) is 3.29. The number of carbonyl (C=O) groups is 1. The zero-order chi connectivity index (χ0) is 16.6. The summed E-state index contributed by atoms with van der Waals surface area (Å²) in [5.41, 5.74) is 0. The Balaban J connectivity index is 1.78. The third-order valence-electron chi connectivity index (χ3n) is 4.86. The number of likely N-dealkylation sites (tertiary alicyclic amines) is 1. The minimum absolute atomic E-state index is 0.390. The van der Waals surface area contributed by atoms with Gasteiger partial charge in [0.05, 0.1) is 0 Å². The van der Waals surface area contributed by atoms with Gasteiger partial charge in [0, 0.05) is 19.5 Å². The van der Waals surface area contributed by atoms with Gasteiger partial charge in [-0.05, 0) is 44.9 Å². The number of unbranched alkanes of at least 4 members (excludes halogenated alkanes) is 10. The molecule has 1 saturated heterocycles. The van der Waals surface area contributed by atoms with Crippen LogP contribution in [0.2, 0.25) is 0 Å². The van der Waals surface area contributed by atoms with Crippen LogP contribution in [0.5, 0.6) is 0 Å². The lowest BCUT2D eigenvalue weighted by atomic mass is 10.1. The van der Waals surface area contributed by atoms with Crippen molar-refractivity contribution >= 4 is 5.91 Å². The molecule has 0 N–H and O–H groups in total. The van der Waals surface area contributed by atoms with Crippen molar-refractivity contribution in [1.82, 2.24) is 4.90 Å². The lowest BCUT2D eigenvalue weighted by Crippen LogP contribution is -2.27. The van der Waals surface area contributed by atoms with Crippen LogP contribution >= 0.6 is 0 Å². The predicted octanol–water partition coefficient (Wildman–Crippen LogP) is 6.26. The molecule has 2 heteroatoms. The zero-order valence-corrected chi connectivity index (χ0v) is 15.5. The van der Waals surface area contributed by atoms with Crippen LogP contribution in [-0.4, -0.2) is 23.9 Å². The van der Waals surface area contributed by atoms with E-state index in [2.05, 4.69) is 19.1 Å². The molecule has 0 radical (unpaired) electrons. The van der Waals surface area contributed by atoms with E-state index in [-0.39, 0.29) is 0 Å². The lowest BCUT2D eigenvalue weighted by Gasteiger charge is -2.14. The number of allylic oxidation sites excluding steroid dienone is 2. The second-order valence-corrected chi connectivity index (χ2v) is 7.07. The van der Waals surface area contributed by atoms with Crippen molar-refractivity contribution in [3.63, 3.8) is 0 Å². The van der Waals surface area contributed by atoms with Gasteiger partial charge in [0.1, 0.15) is 0 Å². The van der Waals surface area contributed by atoms with Crippen molar-refractivity contribution in [2.75, 3.05) is 13.1 Å². The monoisotopic (exact) mass is 321 g/mol. The van der Waals surface area contributed by atoms with E-state index in [9.17, 15) is 4.79 Å². The first kappa shape index (κ1) is 20.3. The van der Waals surface area contributed by atoms with Crippen molar-refractivity contribution in [1.29, 1.82) is 0 Å². The molecule has 0 aromatic rings. The highest BCUT2D eigenvalue weighted by atomic mass is 16.2. The number of rotatable bonds is 14. The van der Waals surface area contributed by atoms with Crippen molar-refractivity contribution in [2.24, 2.45) is 0 Å². The Morgan fingerprint density at radius 2 is 1.30 bits per heavy atom.